The van der Waals surface area contributed by atoms with E-state index in [1.807, 2.05) is 0 Å². The predicted molar refractivity (Wildman–Crippen MR) is 114 cm³/mol. The molecule has 0 bridgehead atoms. The van der Waals surface area contributed by atoms with E-state index in [4.69, 9.17) is 28.6 Å². The van der Waals surface area contributed by atoms with E-state index >= 15 is 0 Å². The number of ether oxygens (including phenoxy) is 2. The normalized spacial score (nSPS) is 15.1. The van der Waals surface area contributed by atoms with Gasteiger partial charge in [-0.3, -0.25) is 14.5 Å². The minimum atomic E-state index is -0.520. The Morgan fingerprint density at radius 2 is 1.93 bits per heavy atom. The van der Waals surface area contributed by atoms with Gasteiger partial charge in [0.05, 0.1) is 12.1 Å². The smallest absolute Gasteiger partial charge is 0.325 e. The van der Waals surface area contributed by atoms with Crippen LogP contribution in [0.3, 0.4) is 0 Å². The van der Waals surface area contributed by atoms with Crippen molar-refractivity contribution in [3.05, 3.63) is 70.1 Å². The first kappa shape index (κ1) is 21.7. The highest BCUT2D eigenvalue weighted by atomic mass is 35.5. The molecule has 2 aromatic carbocycles. The summed E-state index contributed by atoms with van der Waals surface area (Å²) in [4.78, 5) is 26.9. The lowest BCUT2D eigenvalue weighted by Gasteiger charge is -2.17. The van der Waals surface area contributed by atoms with Crippen LogP contribution in [-0.2, 0) is 20.9 Å². The second-order valence-electron chi connectivity index (χ2n) is 6.44. The number of halogens is 2. The molecule has 1 amide bonds. The van der Waals surface area contributed by atoms with Gasteiger partial charge >= 0.3 is 5.97 Å². The number of hydrogen-bond acceptors (Lipinski definition) is 5. The van der Waals surface area contributed by atoms with Crippen molar-refractivity contribution >= 4 is 46.9 Å². The molecular formula is C21H18ClFN2O4S. The molecule has 1 heterocycles. The summed E-state index contributed by atoms with van der Waals surface area (Å²) in [7, 11) is 2.80. The van der Waals surface area contributed by atoms with E-state index < -0.39 is 5.97 Å². The van der Waals surface area contributed by atoms with Crippen LogP contribution < -0.4 is 4.74 Å². The highest BCUT2D eigenvalue weighted by molar-refractivity contribution is 7.80. The maximum absolute atomic E-state index is 13.0. The second-order valence-corrected chi connectivity index (χ2v) is 7.22. The molecule has 156 valence electrons. The fourth-order valence-corrected chi connectivity index (χ4v) is 3.26. The molecule has 0 aliphatic carbocycles. The van der Waals surface area contributed by atoms with Crippen molar-refractivity contribution in [3.8, 4) is 5.75 Å². The van der Waals surface area contributed by atoms with Crippen LogP contribution in [0.2, 0.25) is 5.02 Å². The Morgan fingerprint density at radius 1 is 1.23 bits per heavy atom. The summed E-state index contributed by atoms with van der Waals surface area (Å²) in [6.07, 6.45) is 1.59. The van der Waals surface area contributed by atoms with Crippen LogP contribution in [0.4, 0.5) is 4.39 Å². The molecule has 0 atom stereocenters. The van der Waals surface area contributed by atoms with E-state index in [0.717, 1.165) is 5.56 Å². The molecule has 0 unspecified atom stereocenters. The zero-order valence-electron chi connectivity index (χ0n) is 16.2. The summed E-state index contributed by atoms with van der Waals surface area (Å²) >= 11 is 11.6. The number of amides is 1. The third kappa shape index (κ3) is 4.77. The molecule has 0 spiro atoms. The third-order valence-corrected chi connectivity index (χ3v) is 5.20. The Bertz CT molecular complexity index is 1030. The van der Waals surface area contributed by atoms with Crippen molar-refractivity contribution in [3.63, 3.8) is 0 Å². The summed E-state index contributed by atoms with van der Waals surface area (Å²) in [5.41, 5.74) is 1.67. The molecule has 6 nitrogen and oxygen atoms in total. The Morgan fingerprint density at radius 3 is 2.57 bits per heavy atom. The first-order chi connectivity index (χ1) is 14.3. The average molecular weight is 449 g/mol. The molecule has 1 aliphatic heterocycles. The van der Waals surface area contributed by atoms with Crippen LogP contribution >= 0.6 is 23.8 Å². The van der Waals surface area contributed by atoms with Crippen molar-refractivity contribution in [2.24, 2.45) is 0 Å². The molecule has 1 saturated heterocycles. The number of carbonyl (C=O) groups excluding carboxylic acids is 2. The first-order valence-corrected chi connectivity index (χ1v) is 9.63. The van der Waals surface area contributed by atoms with Crippen molar-refractivity contribution in [1.29, 1.82) is 0 Å². The van der Waals surface area contributed by atoms with E-state index in [0.29, 0.717) is 16.3 Å². The van der Waals surface area contributed by atoms with Crippen molar-refractivity contribution < 1.29 is 23.5 Å². The van der Waals surface area contributed by atoms with Gasteiger partial charge in [0.2, 0.25) is 0 Å². The van der Waals surface area contributed by atoms with Crippen LogP contribution in [-0.4, -0.2) is 47.5 Å². The number of nitrogens with zero attached hydrogens (tertiary/aromatic N) is 2. The lowest BCUT2D eigenvalue weighted by molar-refractivity contribution is -0.140. The number of likely N-dealkylation sites (N-methyl/N-ethyl adjacent to an activating group) is 1. The molecule has 0 aromatic heterocycles. The lowest BCUT2D eigenvalue weighted by Crippen LogP contribution is -2.33. The molecule has 0 N–H and O–H groups in total. The molecule has 9 heteroatoms. The molecule has 0 saturated carbocycles. The van der Waals surface area contributed by atoms with Crippen molar-refractivity contribution in [1.82, 2.24) is 9.80 Å². The standard InChI is InChI=1S/C21H18ClFN2O4S/c1-24-20(27)17(25(21(24)30)11-19(26)28-2)10-14-5-8-18(16(22)9-14)29-12-13-3-6-15(23)7-4-13/h3-10H,11-12H2,1-2H3. The number of hydrogen-bond donors (Lipinski definition) is 0. The number of carbonyl (C=O) groups is 2. The van der Waals surface area contributed by atoms with Gasteiger partial charge in [-0.15, -0.1) is 0 Å². The summed E-state index contributed by atoms with van der Waals surface area (Å²) in [5, 5.41) is 0.550. The lowest BCUT2D eigenvalue weighted by atomic mass is 10.1. The molecule has 2 aromatic rings. The number of esters is 1. The molecule has 1 aliphatic rings. The quantitative estimate of drug-likeness (QED) is 0.382. The summed E-state index contributed by atoms with van der Waals surface area (Å²) in [5.74, 6) is -0.729. The minimum absolute atomic E-state index is 0.177. The highest BCUT2D eigenvalue weighted by Crippen LogP contribution is 2.29. The van der Waals surface area contributed by atoms with Crippen LogP contribution in [0.1, 0.15) is 11.1 Å². The fourth-order valence-electron chi connectivity index (χ4n) is 2.77. The summed E-state index contributed by atoms with van der Waals surface area (Å²) < 4.78 is 23.4. The monoisotopic (exact) mass is 448 g/mol. The van der Waals surface area contributed by atoms with Crippen LogP contribution in [0.25, 0.3) is 6.08 Å². The van der Waals surface area contributed by atoms with Gasteiger partial charge < -0.3 is 14.4 Å². The molecular weight excluding hydrogens is 431 g/mol. The van der Waals surface area contributed by atoms with Crippen molar-refractivity contribution in [2.45, 2.75) is 6.61 Å². The number of benzene rings is 2. The van der Waals surface area contributed by atoms with Gasteiger partial charge in [-0.1, -0.05) is 29.8 Å². The highest BCUT2D eigenvalue weighted by Gasteiger charge is 2.36. The van der Waals surface area contributed by atoms with Gasteiger partial charge in [0.15, 0.2) is 5.11 Å². The van der Waals surface area contributed by atoms with Crippen LogP contribution in [0.15, 0.2) is 48.2 Å². The van der Waals surface area contributed by atoms with Gasteiger partial charge in [0.25, 0.3) is 5.91 Å². The largest absolute Gasteiger partial charge is 0.487 e. The first-order valence-electron chi connectivity index (χ1n) is 8.85. The van der Waals surface area contributed by atoms with E-state index in [2.05, 4.69) is 4.74 Å². The van der Waals surface area contributed by atoms with E-state index in [-0.39, 0.29) is 35.7 Å². The Kier molecular flexibility index (Phi) is 6.69. The number of thiocarbonyl (C=S) groups is 1. The molecule has 0 radical (unpaired) electrons. The molecule has 1 fully saturated rings. The van der Waals surface area contributed by atoms with Gasteiger partial charge in [0.1, 0.15) is 30.4 Å². The summed E-state index contributed by atoms with van der Waals surface area (Å²) in [6, 6.07) is 11.0. The third-order valence-electron chi connectivity index (χ3n) is 4.41. The second kappa shape index (κ2) is 9.23. The van der Waals surface area contributed by atoms with Crippen LogP contribution in [0.5, 0.6) is 5.75 Å². The van der Waals surface area contributed by atoms with E-state index in [9.17, 15) is 14.0 Å². The molecule has 3 rings (SSSR count). The predicted octanol–water partition coefficient (Wildman–Crippen LogP) is 3.63. The maximum atomic E-state index is 13.0. The van der Waals surface area contributed by atoms with Gasteiger partial charge in [0, 0.05) is 7.05 Å². The fraction of sp³-hybridized carbons (Fsp3) is 0.190. The number of rotatable bonds is 6. The summed E-state index contributed by atoms with van der Waals surface area (Å²) in [6.45, 7) is 0.0503. The van der Waals surface area contributed by atoms with Gasteiger partial charge in [-0.2, -0.15) is 0 Å². The van der Waals surface area contributed by atoms with Crippen LogP contribution in [0, 0.1) is 5.82 Å². The zero-order chi connectivity index (χ0) is 21.8. The molecule has 30 heavy (non-hydrogen) atoms. The topological polar surface area (TPSA) is 59.1 Å². The maximum Gasteiger partial charge on any atom is 0.325 e. The Hall–Kier alpha value is -2.97. The minimum Gasteiger partial charge on any atom is -0.487 e. The van der Waals surface area contributed by atoms with Gasteiger partial charge in [-0.25, -0.2) is 4.39 Å². The average Bonchev–Trinajstić information content (AvgIpc) is 2.92. The van der Waals surface area contributed by atoms with Gasteiger partial charge in [-0.05, 0) is 53.7 Å². The number of methoxy groups -OCH3 is 1. The zero-order valence-corrected chi connectivity index (χ0v) is 17.8. The van der Waals surface area contributed by atoms with E-state index in [1.165, 1.54) is 36.1 Å². The SMILES string of the molecule is COC(=O)CN1C(=S)N(C)C(=O)C1=Cc1ccc(OCc2ccc(F)cc2)c(Cl)c1. The Labute approximate surface area is 183 Å². The van der Waals surface area contributed by atoms with E-state index in [1.54, 1.807) is 36.4 Å². The Balaban J connectivity index is 1.79. The van der Waals surface area contributed by atoms with Crippen molar-refractivity contribution in [2.75, 3.05) is 20.7 Å².